The van der Waals surface area contributed by atoms with Crippen molar-refractivity contribution in [2.45, 2.75) is 45.7 Å². The number of carbonyl (C=O) groups excluding carboxylic acids is 1. The van der Waals surface area contributed by atoms with Crippen molar-refractivity contribution in [2.75, 3.05) is 7.11 Å². The van der Waals surface area contributed by atoms with Crippen LogP contribution in [0, 0.1) is 5.82 Å². The summed E-state index contributed by atoms with van der Waals surface area (Å²) in [4.78, 5) is 11.3. The van der Waals surface area contributed by atoms with Crippen molar-refractivity contribution in [1.82, 2.24) is 5.32 Å². The fourth-order valence-corrected chi connectivity index (χ4v) is 2.01. The molecule has 1 rings (SSSR count). The summed E-state index contributed by atoms with van der Waals surface area (Å²) in [5, 5.41) is 3.39. The summed E-state index contributed by atoms with van der Waals surface area (Å²) >= 11 is 0. The Morgan fingerprint density at radius 1 is 1.42 bits per heavy atom. The van der Waals surface area contributed by atoms with E-state index in [9.17, 15) is 9.18 Å². The van der Waals surface area contributed by atoms with Crippen LogP contribution >= 0.6 is 0 Å². The van der Waals surface area contributed by atoms with Gasteiger partial charge in [0, 0.05) is 12.6 Å². The normalized spacial score (nSPS) is 12.2. The third kappa shape index (κ3) is 4.63. The van der Waals surface area contributed by atoms with Gasteiger partial charge in [-0.25, -0.2) is 9.18 Å². The van der Waals surface area contributed by atoms with E-state index in [1.54, 1.807) is 6.07 Å². The lowest BCUT2D eigenvalue weighted by Crippen LogP contribution is -2.27. The summed E-state index contributed by atoms with van der Waals surface area (Å²) in [5.74, 6) is -1.18. The second-order valence-electron chi connectivity index (χ2n) is 4.58. The number of ether oxygens (including phenoxy) is 1. The van der Waals surface area contributed by atoms with E-state index in [-0.39, 0.29) is 5.56 Å². The average molecular weight is 267 g/mol. The summed E-state index contributed by atoms with van der Waals surface area (Å²) in [7, 11) is 1.24. The van der Waals surface area contributed by atoms with Crippen LogP contribution in [-0.2, 0) is 11.3 Å². The minimum Gasteiger partial charge on any atom is -0.465 e. The Labute approximate surface area is 114 Å². The molecule has 1 unspecified atom stereocenters. The van der Waals surface area contributed by atoms with Crippen molar-refractivity contribution in [1.29, 1.82) is 0 Å². The molecule has 1 aromatic carbocycles. The lowest BCUT2D eigenvalue weighted by Gasteiger charge is -2.16. The minimum atomic E-state index is -0.644. The molecule has 1 aromatic rings. The molecule has 0 aliphatic rings. The van der Waals surface area contributed by atoms with E-state index < -0.39 is 11.8 Å². The molecule has 0 saturated carbocycles. The molecule has 0 fully saturated rings. The van der Waals surface area contributed by atoms with Crippen LogP contribution in [0.3, 0.4) is 0 Å². The van der Waals surface area contributed by atoms with Gasteiger partial charge >= 0.3 is 5.97 Å². The quantitative estimate of drug-likeness (QED) is 0.770. The van der Waals surface area contributed by atoms with Gasteiger partial charge in [-0.15, -0.1) is 0 Å². The number of esters is 1. The van der Waals surface area contributed by atoms with E-state index >= 15 is 0 Å². The summed E-state index contributed by atoms with van der Waals surface area (Å²) in [5.41, 5.74) is 0.812. The maximum Gasteiger partial charge on any atom is 0.340 e. The van der Waals surface area contributed by atoms with Gasteiger partial charge in [-0.3, -0.25) is 0 Å². The number of methoxy groups -OCH3 is 1. The monoisotopic (exact) mass is 267 g/mol. The van der Waals surface area contributed by atoms with Gasteiger partial charge in [-0.2, -0.15) is 0 Å². The highest BCUT2D eigenvalue weighted by atomic mass is 19.1. The molecule has 4 heteroatoms. The molecule has 0 spiro atoms. The van der Waals surface area contributed by atoms with Gasteiger partial charge in [0.05, 0.1) is 12.7 Å². The van der Waals surface area contributed by atoms with Crippen molar-refractivity contribution >= 4 is 5.97 Å². The molecular formula is C15H22FNO2. The SMILES string of the molecule is CCCC(CC)NCc1ccc(C(=O)OC)c(F)c1. The maximum absolute atomic E-state index is 13.7. The third-order valence-electron chi connectivity index (χ3n) is 3.16. The van der Waals surface area contributed by atoms with E-state index in [0.29, 0.717) is 12.6 Å². The highest BCUT2D eigenvalue weighted by Crippen LogP contribution is 2.12. The van der Waals surface area contributed by atoms with Crippen molar-refractivity contribution in [3.63, 3.8) is 0 Å². The third-order valence-corrected chi connectivity index (χ3v) is 3.16. The topological polar surface area (TPSA) is 38.3 Å². The zero-order chi connectivity index (χ0) is 14.3. The van der Waals surface area contributed by atoms with Gasteiger partial charge in [0.2, 0.25) is 0 Å². The number of hydrogen-bond donors (Lipinski definition) is 1. The van der Waals surface area contributed by atoms with Gasteiger partial charge < -0.3 is 10.1 Å². The molecule has 19 heavy (non-hydrogen) atoms. The van der Waals surface area contributed by atoms with Crippen LogP contribution in [-0.4, -0.2) is 19.1 Å². The first-order valence-corrected chi connectivity index (χ1v) is 6.72. The summed E-state index contributed by atoms with van der Waals surface area (Å²) in [6.07, 6.45) is 3.29. The molecule has 0 bridgehead atoms. The largest absolute Gasteiger partial charge is 0.465 e. The Morgan fingerprint density at radius 2 is 2.16 bits per heavy atom. The Bertz CT molecular complexity index is 421. The van der Waals surface area contributed by atoms with Crippen molar-refractivity contribution in [2.24, 2.45) is 0 Å². The minimum absolute atomic E-state index is 0.0214. The predicted octanol–water partition coefficient (Wildman–Crippen LogP) is 3.28. The molecule has 1 atom stereocenters. The van der Waals surface area contributed by atoms with Crippen molar-refractivity contribution in [3.8, 4) is 0 Å². The number of nitrogens with one attached hydrogen (secondary N) is 1. The van der Waals surface area contributed by atoms with Gasteiger partial charge in [-0.05, 0) is 30.5 Å². The standard InChI is InChI=1S/C15H22FNO2/c1-4-6-12(5-2)17-10-11-7-8-13(14(16)9-11)15(18)19-3/h7-9,12,17H,4-6,10H2,1-3H3. The van der Waals surface area contributed by atoms with Crippen LogP contribution in [0.1, 0.15) is 49.0 Å². The van der Waals surface area contributed by atoms with E-state index in [4.69, 9.17) is 0 Å². The Balaban J connectivity index is 2.65. The second kappa shape index (κ2) is 7.89. The summed E-state index contributed by atoms with van der Waals surface area (Å²) in [6, 6.07) is 5.06. The molecule has 106 valence electrons. The predicted molar refractivity (Wildman–Crippen MR) is 73.6 cm³/mol. The lowest BCUT2D eigenvalue weighted by atomic mass is 10.1. The molecule has 0 aliphatic heterocycles. The van der Waals surface area contributed by atoms with Crippen LogP contribution < -0.4 is 5.32 Å². The van der Waals surface area contributed by atoms with E-state index in [1.807, 2.05) is 0 Å². The molecule has 0 aliphatic carbocycles. The maximum atomic E-state index is 13.7. The van der Waals surface area contributed by atoms with Crippen LogP contribution in [0.25, 0.3) is 0 Å². The molecule has 3 nitrogen and oxygen atoms in total. The van der Waals surface area contributed by atoms with Gasteiger partial charge in [-0.1, -0.05) is 26.3 Å². The molecule has 0 heterocycles. The first kappa shape index (κ1) is 15.6. The van der Waals surface area contributed by atoms with Crippen molar-refractivity contribution in [3.05, 3.63) is 35.1 Å². The molecule has 0 saturated heterocycles. The Morgan fingerprint density at radius 3 is 2.68 bits per heavy atom. The first-order chi connectivity index (χ1) is 9.12. The lowest BCUT2D eigenvalue weighted by molar-refractivity contribution is 0.0595. The number of benzene rings is 1. The molecule has 0 radical (unpaired) electrons. The van der Waals surface area contributed by atoms with Gasteiger partial charge in [0.25, 0.3) is 0 Å². The zero-order valence-electron chi connectivity index (χ0n) is 11.8. The number of hydrogen-bond acceptors (Lipinski definition) is 3. The summed E-state index contributed by atoms with van der Waals surface area (Å²) < 4.78 is 18.2. The second-order valence-corrected chi connectivity index (χ2v) is 4.58. The Kier molecular flexibility index (Phi) is 6.50. The average Bonchev–Trinajstić information content (AvgIpc) is 2.42. The smallest absolute Gasteiger partial charge is 0.340 e. The van der Waals surface area contributed by atoms with E-state index in [1.165, 1.54) is 19.2 Å². The highest BCUT2D eigenvalue weighted by Gasteiger charge is 2.12. The summed E-state index contributed by atoms with van der Waals surface area (Å²) in [6.45, 7) is 4.89. The van der Waals surface area contributed by atoms with Crippen LogP contribution in [0.15, 0.2) is 18.2 Å². The Hall–Kier alpha value is -1.42. The van der Waals surface area contributed by atoms with Gasteiger partial charge in [0.15, 0.2) is 0 Å². The number of carbonyl (C=O) groups is 1. The fraction of sp³-hybridized carbons (Fsp3) is 0.533. The number of rotatable bonds is 7. The molecular weight excluding hydrogens is 245 g/mol. The van der Waals surface area contributed by atoms with Crippen LogP contribution in [0.4, 0.5) is 4.39 Å². The highest BCUT2D eigenvalue weighted by molar-refractivity contribution is 5.89. The number of halogens is 1. The fourth-order valence-electron chi connectivity index (χ4n) is 2.01. The van der Waals surface area contributed by atoms with Crippen LogP contribution in [0.2, 0.25) is 0 Å². The molecule has 1 N–H and O–H groups in total. The zero-order valence-corrected chi connectivity index (χ0v) is 11.8. The van der Waals surface area contributed by atoms with Crippen LogP contribution in [0.5, 0.6) is 0 Å². The first-order valence-electron chi connectivity index (χ1n) is 6.72. The van der Waals surface area contributed by atoms with E-state index in [2.05, 4.69) is 23.9 Å². The molecule has 0 aromatic heterocycles. The van der Waals surface area contributed by atoms with Gasteiger partial charge in [0.1, 0.15) is 5.82 Å². The van der Waals surface area contributed by atoms with Crippen molar-refractivity contribution < 1.29 is 13.9 Å². The van der Waals surface area contributed by atoms with E-state index in [0.717, 1.165) is 24.8 Å². The molecule has 0 amide bonds.